The second-order valence-corrected chi connectivity index (χ2v) is 5.98. The van der Waals surface area contributed by atoms with Crippen LogP contribution in [0.15, 0.2) is 28.1 Å². The monoisotopic (exact) mass is 370 g/mol. The highest BCUT2D eigenvalue weighted by molar-refractivity contribution is 9.10. The van der Waals surface area contributed by atoms with Crippen molar-refractivity contribution in [1.82, 2.24) is 4.98 Å². The number of nitro benzene ring substituents is 1. The minimum absolute atomic E-state index is 0.0622. The quantitative estimate of drug-likeness (QED) is 0.634. The lowest BCUT2D eigenvalue weighted by atomic mass is 10.3. The topological polar surface area (TPSA) is 111 Å². The molecule has 1 amide bonds. The van der Waals surface area contributed by atoms with E-state index in [1.165, 1.54) is 29.5 Å². The zero-order chi connectivity index (χ0) is 15.6. The van der Waals surface area contributed by atoms with Crippen LogP contribution < -0.4 is 11.1 Å². The van der Waals surface area contributed by atoms with Gasteiger partial charge in [-0.3, -0.25) is 14.9 Å². The number of aromatic nitrogens is 1. The summed E-state index contributed by atoms with van der Waals surface area (Å²) in [6, 6.07) is 3.86. The average molecular weight is 371 g/mol. The van der Waals surface area contributed by atoms with Gasteiger partial charge in [0, 0.05) is 22.0 Å². The number of carbonyl (C=O) groups excluding carboxylic acids is 1. The molecule has 7 nitrogen and oxygen atoms in total. The van der Waals surface area contributed by atoms with Crippen LogP contribution in [0.4, 0.5) is 11.4 Å². The zero-order valence-electron chi connectivity index (χ0n) is 10.9. The molecular formula is C12H11BrN4O3S. The van der Waals surface area contributed by atoms with Crippen LogP contribution in [0.25, 0.3) is 0 Å². The highest BCUT2D eigenvalue weighted by Gasteiger charge is 2.15. The SMILES string of the molecule is CC(N)c1nc(C(=O)Nc2ccc([N+](=O)[O-])cc2Br)cs1. The number of hydrogen-bond acceptors (Lipinski definition) is 6. The number of thiazole rings is 1. The Morgan fingerprint density at radius 1 is 1.57 bits per heavy atom. The molecule has 0 radical (unpaired) electrons. The van der Waals surface area contributed by atoms with E-state index in [-0.39, 0.29) is 17.4 Å². The maximum absolute atomic E-state index is 12.1. The molecule has 1 unspecified atom stereocenters. The van der Waals surface area contributed by atoms with Crippen molar-refractivity contribution in [3.63, 3.8) is 0 Å². The van der Waals surface area contributed by atoms with Crippen molar-refractivity contribution in [2.45, 2.75) is 13.0 Å². The minimum atomic E-state index is -0.508. The highest BCUT2D eigenvalue weighted by Crippen LogP contribution is 2.27. The van der Waals surface area contributed by atoms with Gasteiger partial charge in [0.25, 0.3) is 11.6 Å². The van der Waals surface area contributed by atoms with Gasteiger partial charge in [-0.25, -0.2) is 4.98 Å². The van der Waals surface area contributed by atoms with E-state index >= 15 is 0 Å². The third kappa shape index (κ3) is 3.63. The van der Waals surface area contributed by atoms with Crippen molar-refractivity contribution in [1.29, 1.82) is 0 Å². The number of benzene rings is 1. The van der Waals surface area contributed by atoms with E-state index in [1.54, 1.807) is 12.3 Å². The molecule has 0 aliphatic heterocycles. The molecule has 1 heterocycles. The Morgan fingerprint density at radius 3 is 2.81 bits per heavy atom. The Labute approximate surface area is 132 Å². The van der Waals surface area contributed by atoms with Gasteiger partial charge in [-0.15, -0.1) is 11.3 Å². The molecule has 0 aliphatic carbocycles. The van der Waals surface area contributed by atoms with Gasteiger partial charge in [-0.1, -0.05) is 0 Å². The van der Waals surface area contributed by atoms with Crippen LogP contribution in [-0.4, -0.2) is 15.8 Å². The van der Waals surface area contributed by atoms with E-state index in [4.69, 9.17) is 5.73 Å². The molecule has 1 aromatic heterocycles. The van der Waals surface area contributed by atoms with Crippen LogP contribution in [0.1, 0.15) is 28.5 Å². The number of non-ortho nitro benzene ring substituents is 1. The molecule has 9 heteroatoms. The number of nitrogens with two attached hydrogens (primary N) is 1. The van der Waals surface area contributed by atoms with Crippen LogP contribution in [0.2, 0.25) is 0 Å². The minimum Gasteiger partial charge on any atom is -0.322 e. The Kier molecular flexibility index (Phi) is 4.66. The van der Waals surface area contributed by atoms with E-state index in [1.807, 2.05) is 0 Å². The molecule has 2 aromatic rings. The lowest BCUT2D eigenvalue weighted by Crippen LogP contribution is -2.13. The number of halogens is 1. The van der Waals surface area contributed by atoms with Crippen molar-refractivity contribution in [3.05, 3.63) is 48.9 Å². The first-order chi connectivity index (χ1) is 9.88. The predicted molar refractivity (Wildman–Crippen MR) is 83.5 cm³/mol. The largest absolute Gasteiger partial charge is 0.322 e. The van der Waals surface area contributed by atoms with Crippen molar-refractivity contribution >= 4 is 44.5 Å². The van der Waals surface area contributed by atoms with Crippen LogP contribution in [0.3, 0.4) is 0 Å². The first-order valence-electron chi connectivity index (χ1n) is 5.84. The molecule has 3 N–H and O–H groups in total. The Balaban J connectivity index is 2.17. The summed E-state index contributed by atoms with van der Waals surface area (Å²) in [4.78, 5) is 26.3. The highest BCUT2D eigenvalue weighted by atomic mass is 79.9. The molecule has 110 valence electrons. The smallest absolute Gasteiger partial charge is 0.275 e. The maximum Gasteiger partial charge on any atom is 0.275 e. The molecule has 0 spiro atoms. The van der Waals surface area contributed by atoms with Gasteiger partial charge in [-0.2, -0.15) is 0 Å². The molecule has 0 saturated heterocycles. The van der Waals surface area contributed by atoms with Gasteiger partial charge < -0.3 is 11.1 Å². The fourth-order valence-electron chi connectivity index (χ4n) is 1.51. The van der Waals surface area contributed by atoms with E-state index in [2.05, 4.69) is 26.2 Å². The molecule has 1 atom stereocenters. The first-order valence-corrected chi connectivity index (χ1v) is 7.52. The third-order valence-corrected chi connectivity index (χ3v) is 4.26. The molecule has 0 saturated carbocycles. The maximum atomic E-state index is 12.1. The van der Waals surface area contributed by atoms with E-state index < -0.39 is 10.8 Å². The summed E-state index contributed by atoms with van der Waals surface area (Å²) in [5.74, 6) is -0.396. The Hall–Kier alpha value is -1.84. The van der Waals surface area contributed by atoms with E-state index in [9.17, 15) is 14.9 Å². The number of amides is 1. The normalized spacial score (nSPS) is 12.0. The van der Waals surface area contributed by atoms with E-state index in [0.717, 1.165) is 0 Å². The lowest BCUT2D eigenvalue weighted by molar-refractivity contribution is -0.384. The predicted octanol–water partition coefficient (Wildman–Crippen LogP) is 3.09. The Morgan fingerprint density at radius 2 is 2.29 bits per heavy atom. The van der Waals surface area contributed by atoms with Gasteiger partial charge >= 0.3 is 0 Å². The Bertz CT molecular complexity index is 702. The molecule has 21 heavy (non-hydrogen) atoms. The van der Waals surface area contributed by atoms with Gasteiger partial charge in [-0.05, 0) is 28.9 Å². The summed E-state index contributed by atoms with van der Waals surface area (Å²) < 4.78 is 0.424. The van der Waals surface area contributed by atoms with Crippen molar-refractivity contribution in [2.75, 3.05) is 5.32 Å². The fraction of sp³-hybridized carbons (Fsp3) is 0.167. The zero-order valence-corrected chi connectivity index (χ0v) is 13.3. The number of carbonyl (C=O) groups is 1. The van der Waals surface area contributed by atoms with E-state index in [0.29, 0.717) is 15.2 Å². The number of nitro groups is 1. The van der Waals surface area contributed by atoms with Crippen LogP contribution in [0.5, 0.6) is 0 Å². The molecule has 1 aromatic carbocycles. The van der Waals surface area contributed by atoms with Gasteiger partial charge in [0.05, 0.1) is 16.7 Å². The average Bonchev–Trinajstić information content (AvgIpc) is 2.90. The fourth-order valence-corrected chi connectivity index (χ4v) is 2.73. The van der Waals surface area contributed by atoms with Crippen LogP contribution >= 0.6 is 27.3 Å². The van der Waals surface area contributed by atoms with Gasteiger partial charge in [0.15, 0.2) is 0 Å². The number of hydrogen-bond donors (Lipinski definition) is 2. The summed E-state index contributed by atoms with van der Waals surface area (Å²) in [6.45, 7) is 1.79. The van der Waals surface area contributed by atoms with Crippen LogP contribution in [-0.2, 0) is 0 Å². The lowest BCUT2D eigenvalue weighted by Gasteiger charge is -2.05. The molecular weight excluding hydrogens is 360 g/mol. The summed E-state index contributed by atoms with van der Waals surface area (Å²) in [5, 5.41) is 15.6. The van der Waals surface area contributed by atoms with Gasteiger partial charge in [0.1, 0.15) is 10.7 Å². The number of nitrogens with one attached hydrogen (secondary N) is 1. The molecule has 2 rings (SSSR count). The summed E-state index contributed by atoms with van der Waals surface area (Å²) in [7, 11) is 0. The summed E-state index contributed by atoms with van der Waals surface area (Å²) in [6.07, 6.45) is 0. The molecule has 0 bridgehead atoms. The first kappa shape index (κ1) is 15.5. The molecule has 0 fully saturated rings. The summed E-state index contributed by atoms with van der Waals surface area (Å²) >= 11 is 4.50. The van der Waals surface area contributed by atoms with Crippen LogP contribution in [0, 0.1) is 10.1 Å². The van der Waals surface area contributed by atoms with Crippen molar-refractivity contribution < 1.29 is 9.72 Å². The van der Waals surface area contributed by atoms with Crippen molar-refractivity contribution in [2.24, 2.45) is 5.73 Å². The number of nitrogens with zero attached hydrogens (tertiary/aromatic N) is 2. The summed E-state index contributed by atoms with van der Waals surface area (Å²) in [5.41, 5.74) is 6.32. The van der Waals surface area contributed by atoms with Crippen molar-refractivity contribution in [3.8, 4) is 0 Å². The second-order valence-electron chi connectivity index (χ2n) is 4.24. The number of anilines is 1. The third-order valence-electron chi connectivity index (χ3n) is 2.56. The molecule has 0 aliphatic rings. The second kappa shape index (κ2) is 6.29. The number of rotatable bonds is 4. The van der Waals surface area contributed by atoms with Gasteiger partial charge in [0.2, 0.25) is 0 Å². The standard InChI is InChI=1S/C12H11BrN4O3S/c1-6(14)12-16-10(5-21-12)11(18)15-9-3-2-7(17(19)20)4-8(9)13/h2-6H,14H2,1H3,(H,15,18).